The number of aryl methyl sites for hydroxylation is 1. The topological polar surface area (TPSA) is 34.1 Å². The van der Waals surface area contributed by atoms with E-state index in [1.807, 2.05) is 25.1 Å². The molecule has 1 aromatic carbocycles. The minimum Gasteiger partial charge on any atom is -0.497 e. The lowest BCUT2D eigenvalue weighted by atomic mass is 10.0. The molecule has 0 amide bonds. The van der Waals surface area contributed by atoms with Gasteiger partial charge in [-0.2, -0.15) is 0 Å². The minimum absolute atomic E-state index is 0.275. The molecule has 1 N–H and O–H groups in total. The number of benzene rings is 1. The number of pyridine rings is 1. The molecule has 1 heterocycles. The number of anilines is 1. The summed E-state index contributed by atoms with van der Waals surface area (Å²) in [6.07, 6.45) is 4.29. The van der Waals surface area contributed by atoms with E-state index in [9.17, 15) is 0 Å². The molecule has 0 spiro atoms. The number of aromatic nitrogens is 1. The summed E-state index contributed by atoms with van der Waals surface area (Å²) in [7, 11) is 1.68. The Labute approximate surface area is 130 Å². The van der Waals surface area contributed by atoms with Crippen LogP contribution in [0.4, 0.5) is 5.69 Å². The van der Waals surface area contributed by atoms with E-state index < -0.39 is 0 Å². The molecule has 1 aliphatic rings. The molecule has 3 rings (SSSR count). The van der Waals surface area contributed by atoms with Gasteiger partial charge in [-0.05, 0) is 55.0 Å². The van der Waals surface area contributed by atoms with Crippen molar-refractivity contribution in [3.05, 3.63) is 52.8 Å². The smallest absolute Gasteiger partial charge is 0.152 e. The molecule has 3 nitrogen and oxygen atoms in total. The van der Waals surface area contributed by atoms with Crippen molar-refractivity contribution in [1.82, 2.24) is 4.98 Å². The Bertz CT molecular complexity index is 623. The van der Waals surface area contributed by atoms with Crippen molar-refractivity contribution >= 4 is 17.3 Å². The third-order valence-corrected chi connectivity index (χ3v) is 4.16. The molecule has 4 heteroatoms. The Hall–Kier alpha value is -1.74. The zero-order valence-electron chi connectivity index (χ0n) is 12.3. The van der Waals surface area contributed by atoms with E-state index in [2.05, 4.69) is 22.4 Å². The largest absolute Gasteiger partial charge is 0.497 e. The van der Waals surface area contributed by atoms with Gasteiger partial charge in [-0.3, -0.25) is 0 Å². The van der Waals surface area contributed by atoms with Gasteiger partial charge in [-0.25, -0.2) is 4.98 Å². The second-order valence-corrected chi connectivity index (χ2v) is 5.94. The van der Waals surface area contributed by atoms with Gasteiger partial charge in [0.2, 0.25) is 0 Å². The fraction of sp³-hybridized carbons (Fsp3) is 0.353. The standard InChI is InChI=1S/C17H19ClN2O/c1-11-9-15(17(18)19-10-11)20-16(12-3-4-12)13-5-7-14(21-2)8-6-13/h5-10,12,16,20H,3-4H2,1-2H3. The quantitative estimate of drug-likeness (QED) is 0.819. The summed E-state index contributed by atoms with van der Waals surface area (Å²) in [5.74, 6) is 1.54. The highest BCUT2D eigenvalue weighted by molar-refractivity contribution is 6.32. The maximum Gasteiger partial charge on any atom is 0.152 e. The number of nitrogens with one attached hydrogen (secondary N) is 1. The predicted molar refractivity (Wildman–Crippen MR) is 86.1 cm³/mol. The van der Waals surface area contributed by atoms with Crippen molar-refractivity contribution in [2.24, 2.45) is 5.92 Å². The summed E-state index contributed by atoms with van der Waals surface area (Å²) in [5.41, 5.74) is 3.27. The lowest BCUT2D eigenvalue weighted by Crippen LogP contribution is -2.13. The second-order valence-electron chi connectivity index (χ2n) is 5.58. The number of nitrogens with zero attached hydrogens (tertiary/aromatic N) is 1. The Morgan fingerprint density at radius 3 is 2.62 bits per heavy atom. The van der Waals surface area contributed by atoms with Crippen molar-refractivity contribution < 1.29 is 4.74 Å². The lowest BCUT2D eigenvalue weighted by molar-refractivity contribution is 0.414. The maximum atomic E-state index is 6.21. The van der Waals surface area contributed by atoms with E-state index >= 15 is 0 Å². The van der Waals surface area contributed by atoms with Gasteiger partial charge in [0.25, 0.3) is 0 Å². The minimum atomic E-state index is 0.275. The van der Waals surface area contributed by atoms with Crippen LogP contribution in [-0.2, 0) is 0 Å². The summed E-state index contributed by atoms with van der Waals surface area (Å²) in [5, 5.41) is 4.10. The Balaban J connectivity index is 1.86. The summed E-state index contributed by atoms with van der Waals surface area (Å²) in [6, 6.07) is 10.6. The van der Waals surface area contributed by atoms with E-state index in [-0.39, 0.29) is 6.04 Å². The van der Waals surface area contributed by atoms with Crippen LogP contribution in [0.1, 0.15) is 30.0 Å². The molecule has 0 saturated heterocycles. The van der Waals surface area contributed by atoms with Crippen molar-refractivity contribution in [3.8, 4) is 5.75 Å². The van der Waals surface area contributed by atoms with Crippen LogP contribution in [0, 0.1) is 12.8 Å². The Morgan fingerprint density at radius 2 is 2.00 bits per heavy atom. The molecule has 0 bridgehead atoms. The fourth-order valence-electron chi connectivity index (χ4n) is 2.54. The van der Waals surface area contributed by atoms with Crippen LogP contribution < -0.4 is 10.1 Å². The van der Waals surface area contributed by atoms with Crippen LogP contribution in [0.15, 0.2) is 36.5 Å². The molecule has 21 heavy (non-hydrogen) atoms. The SMILES string of the molecule is COc1ccc(C(Nc2cc(C)cnc2Cl)C2CC2)cc1. The van der Waals surface area contributed by atoms with Gasteiger partial charge in [-0.15, -0.1) is 0 Å². The summed E-state index contributed by atoms with van der Waals surface area (Å²) in [6.45, 7) is 2.02. The van der Waals surface area contributed by atoms with E-state index in [0.717, 1.165) is 17.0 Å². The van der Waals surface area contributed by atoms with Gasteiger partial charge in [-0.1, -0.05) is 23.7 Å². The van der Waals surface area contributed by atoms with Crippen LogP contribution >= 0.6 is 11.6 Å². The highest BCUT2D eigenvalue weighted by Crippen LogP contribution is 2.43. The average molecular weight is 303 g/mol. The first-order valence-corrected chi connectivity index (χ1v) is 7.58. The number of halogens is 1. The van der Waals surface area contributed by atoms with Crippen molar-refractivity contribution in [3.63, 3.8) is 0 Å². The molecule has 0 aliphatic heterocycles. The van der Waals surface area contributed by atoms with E-state index in [0.29, 0.717) is 11.1 Å². The van der Waals surface area contributed by atoms with Gasteiger partial charge < -0.3 is 10.1 Å². The van der Waals surface area contributed by atoms with Crippen LogP contribution in [0.5, 0.6) is 5.75 Å². The lowest BCUT2D eigenvalue weighted by Gasteiger charge is -2.21. The molecule has 1 atom stereocenters. The maximum absolute atomic E-state index is 6.21. The van der Waals surface area contributed by atoms with Gasteiger partial charge in [0.15, 0.2) is 5.15 Å². The van der Waals surface area contributed by atoms with E-state index in [1.54, 1.807) is 13.3 Å². The van der Waals surface area contributed by atoms with E-state index in [4.69, 9.17) is 16.3 Å². The normalized spacial score (nSPS) is 15.6. The van der Waals surface area contributed by atoms with Gasteiger partial charge >= 0.3 is 0 Å². The summed E-state index contributed by atoms with van der Waals surface area (Å²) < 4.78 is 5.23. The number of methoxy groups -OCH3 is 1. The molecule has 1 aromatic heterocycles. The molecule has 1 fully saturated rings. The third-order valence-electron chi connectivity index (χ3n) is 3.86. The zero-order chi connectivity index (χ0) is 14.8. The van der Waals surface area contributed by atoms with Crippen molar-refractivity contribution in [2.45, 2.75) is 25.8 Å². The first-order chi connectivity index (χ1) is 10.2. The Kier molecular flexibility index (Phi) is 4.02. The highest BCUT2D eigenvalue weighted by Gasteiger charge is 2.32. The average Bonchev–Trinajstić information content (AvgIpc) is 3.33. The molecule has 1 unspecified atom stereocenters. The van der Waals surface area contributed by atoms with Crippen LogP contribution in [0.3, 0.4) is 0 Å². The Morgan fingerprint density at radius 1 is 1.29 bits per heavy atom. The molecule has 1 aliphatic carbocycles. The van der Waals surface area contributed by atoms with Crippen molar-refractivity contribution in [1.29, 1.82) is 0 Å². The molecule has 0 radical (unpaired) electrons. The first kappa shape index (κ1) is 14.2. The first-order valence-electron chi connectivity index (χ1n) is 7.20. The zero-order valence-corrected chi connectivity index (χ0v) is 13.0. The monoisotopic (exact) mass is 302 g/mol. The van der Waals surface area contributed by atoms with E-state index in [1.165, 1.54) is 18.4 Å². The second kappa shape index (κ2) is 5.94. The molecular formula is C17H19ClN2O. The summed E-state index contributed by atoms with van der Waals surface area (Å²) >= 11 is 6.21. The number of rotatable bonds is 5. The third kappa shape index (κ3) is 3.30. The highest BCUT2D eigenvalue weighted by atomic mass is 35.5. The summed E-state index contributed by atoms with van der Waals surface area (Å²) in [4.78, 5) is 4.22. The molecule has 1 saturated carbocycles. The number of ether oxygens (including phenoxy) is 1. The predicted octanol–water partition coefficient (Wildman–Crippen LogP) is 4.62. The number of hydrogen-bond donors (Lipinski definition) is 1. The number of hydrogen-bond acceptors (Lipinski definition) is 3. The van der Waals surface area contributed by atoms with Gasteiger partial charge in [0.1, 0.15) is 5.75 Å². The van der Waals surface area contributed by atoms with Crippen LogP contribution in [0.25, 0.3) is 0 Å². The molecular weight excluding hydrogens is 284 g/mol. The van der Waals surface area contributed by atoms with Crippen LogP contribution in [-0.4, -0.2) is 12.1 Å². The molecule has 110 valence electrons. The molecule has 2 aromatic rings. The van der Waals surface area contributed by atoms with Gasteiger partial charge in [0, 0.05) is 6.20 Å². The fourth-order valence-corrected chi connectivity index (χ4v) is 2.69. The van der Waals surface area contributed by atoms with Crippen LogP contribution in [0.2, 0.25) is 5.15 Å². The van der Waals surface area contributed by atoms with Crippen molar-refractivity contribution in [2.75, 3.05) is 12.4 Å². The van der Waals surface area contributed by atoms with Gasteiger partial charge in [0.05, 0.1) is 18.8 Å².